The summed E-state index contributed by atoms with van der Waals surface area (Å²) in [5, 5.41) is 2.93. The minimum Gasteiger partial charge on any atom is -0.459 e. The zero-order chi connectivity index (χ0) is 20.3. The monoisotopic (exact) mass is 481 g/mol. The Morgan fingerprint density at radius 2 is 1.90 bits per heavy atom. The molecule has 3 aromatic rings. The summed E-state index contributed by atoms with van der Waals surface area (Å²) < 4.78 is 43.5. The summed E-state index contributed by atoms with van der Waals surface area (Å²) in [6.45, 7) is 4.34. The van der Waals surface area contributed by atoms with Crippen molar-refractivity contribution in [2.75, 3.05) is 44.7 Å². The number of morpholine rings is 1. The standard InChI is InChI=1S/C19H20BrN3O5S/c20-14-3-5-15(6-4-14)29(24,25)19-18(21-7-8-23-9-12-26-13-10-23)28-17(22-19)16-2-1-11-27-16/h1-6,11,21H,7-10,12-13H2. The molecule has 0 amide bonds. The number of oxazole rings is 1. The molecule has 29 heavy (non-hydrogen) atoms. The molecule has 0 spiro atoms. The van der Waals surface area contributed by atoms with Crippen molar-refractivity contribution in [3.05, 3.63) is 47.1 Å². The van der Waals surface area contributed by atoms with Gasteiger partial charge >= 0.3 is 0 Å². The molecule has 0 unspecified atom stereocenters. The van der Waals surface area contributed by atoms with E-state index in [4.69, 9.17) is 13.6 Å². The average Bonchev–Trinajstić information content (AvgIpc) is 3.39. The normalized spacial score (nSPS) is 15.5. The Morgan fingerprint density at radius 1 is 1.14 bits per heavy atom. The van der Waals surface area contributed by atoms with E-state index >= 15 is 0 Å². The Labute approximate surface area is 176 Å². The highest BCUT2D eigenvalue weighted by Crippen LogP contribution is 2.32. The van der Waals surface area contributed by atoms with E-state index in [0.29, 0.717) is 25.5 Å². The van der Waals surface area contributed by atoms with Gasteiger partial charge in [0.15, 0.2) is 5.76 Å². The van der Waals surface area contributed by atoms with Crippen molar-refractivity contribution in [3.63, 3.8) is 0 Å². The minimum atomic E-state index is -3.88. The molecule has 154 valence electrons. The highest BCUT2D eigenvalue weighted by Gasteiger charge is 2.29. The largest absolute Gasteiger partial charge is 0.459 e. The van der Waals surface area contributed by atoms with Crippen molar-refractivity contribution in [1.82, 2.24) is 9.88 Å². The van der Waals surface area contributed by atoms with Gasteiger partial charge < -0.3 is 18.9 Å². The second kappa shape index (κ2) is 8.70. The number of sulfone groups is 1. The van der Waals surface area contributed by atoms with Gasteiger partial charge in [0.2, 0.25) is 20.7 Å². The summed E-state index contributed by atoms with van der Waals surface area (Å²) in [6, 6.07) is 9.75. The number of nitrogens with zero attached hydrogens (tertiary/aromatic N) is 2. The van der Waals surface area contributed by atoms with E-state index < -0.39 is 9.84 Å². The van der Waals surface area contributed by atoms with Crippen molar-refractivity contribution in [2.24, 2.45) is 0 Å². The zero-order valence-electron chi connectivity index (χ0n) is 15.5. The second-order valence-corrected chi connectivity index (χ2v) is 9.25. The van der Waals surface area contributed by atoms with E-state index in [1.807, 2.05) is 0 Å². The molecule has 1 saturated heterocycles. The Bertz CT molecular complexity index is 1040. The van der Waals surface area contributed by atoms with Crippen LogP contribution >= 0.6 is 15.9 Å². The third kappa shape index (κ3) is 4.55. The Hall–Kier alpha value is -2.14. The first kappa shape index (κ1) is 20.1. The molecule has 4 rings (SSSR count). The van der Waals surface area contributed by atoms with Crippen molar-refractivity contribution < 1.29 is 22.0 Å². The van der Waals surface area contributed by atoms with Gasteiger partial charge in [0.25, 0.3) is 5.89 Å². The van der Waals surface area contributed by atoms with Crippen molar-refractivity contribution in [2.45, 2.75) is 9.92 Å². The molecule has 0 aliphatic carbocycles. The maximum atomic E-state index is 13.2. The first-order valence-electron chi connectivity index (χ1n) is 9.13. The van der Waals surface area contributed by atoms with Gasteiger partial charge in [-0.3, -0.25) is 4.90 Å². The maximum absolute atomic E-state index is 13.2. The molecular weight excluding hydrogens is 462 g/mol. The van der Waals surface area contributed by atoms with E-state index in [-0.39, 0.29) is 21.7 Å². The molecule has 8 nitrogen and oxygen atoms in total. The van der Waals surface area contributed by atoms with Crippen LogP contribution in [0.3, 0.4) is 0 Å². The van der Waals surface area contributed by atoms with Crippen LogP contribution in [0.5, 0.6) is 0 Å². The third-order valence-corrected chi connectivity index (χ3v) is 6.73. The minimum absolute atomic E-state index is 0.104. The highest BCUT2D eigenvalue weighted by molar-refractivity contribution is 9.10. The van der Waals surface area contributed by atoms with Crippen LogP contribution in [0.25, 0.3) is 11.7 Å². The lowest BCUT2D eigenvalue weighted by Gasteiger charge is -2.26. The highest BCUT2D eigenvalue weighted by atomic mass is 79.9. The van der Waals surface area contributed by atoms with Crippen LogP contribution in [-0.4, -0.2) is 57.7 Å². The van der Waals surface area contributed by atoms with Gasteiger partial charge in [-0.25, -0.2) is 8.42 Å². The number of halogens is 1. The van der Waals surface area contributed by atoms with Crippen LogP contribution in [0.4, 0.5) is 5.88 Å². The molecule has 2 aromatic heterocycles. The third-order valence-electron chi connectivity index (χ3n) is 4.52. The van der Waals surface area contributed by atoms with Crippen LogP contribution in [-0.2, 0) is 14.6 Å². The van der Waals surface area contributed by atoms with Crippen LogP contribution in [0.1, 0.15) is 0 Å². The molecular formula is C19H20BrN3O5S. The van der Waals surface area contributed by atoms with Crippen LogP contribution in [0.15, 0.2) is 65.9 Å². The molecule has 1 fully saturated rings. The maximum Gasteiger partial charge on any atom is 0.266 e. The number of nitrogens with one attached hydrogen (secondary N) is 1. The summed E-state index contributed by atoms with van der Waals surface area (Å²) in [5.74, 6) is 0.575. The number of rotatable bonds is 7. The summed E-state index contributed by atoms with van der Waals surface area (Å²) >= 11 is 3.32. The Kier molecular flexibility index (Phi) is 6.04. The van der Waals surface area contributed by atoms with Gasteiger partial charge in [-0.05, 0) is 36.4 Å². The summed E-state index contributed by atoms with van der Waals surface area (Å²) in [7, 11) is -3.88. The van der Waals surface area contributed by atoms with Crippen molar-refractivity contribution >= 4 is 31.7 Å². The number of furan rings is 1. The zero-order valence-corrected chi connectivity index (χ0v) is 17.9. The number of aromatic nitrogens is 1. The summed E-state index contributed by atoms with van der Waals surface area (Å²) in [5.41, 5.74) is 0. The van der Waals surface area contributed by atoms with Crippen molar-refractivity contribution in [1.29, 1.82) is 0 Å². The first-order chi connectivity index (χ1) is 14.0. The molecule has 0 bridgehead atoms. The number of hydrogen-bond donors (Lipinski definition) is 1. The molecule has 1 aromatic carbocycles. The molecule has 0 radical (unpaired) electrons. The molecule has 3 heterocycles. The van der Waals surface area contributed by atoms with Gasteiger partial charge in [0, 0.05) is 30.7 Å². The van der Waals surface area contributed by atoms with E-state index in [2.05, 4.69) is 31.1 Å². The first-order valence-corrected chi connectivity index (χ1v) is 11.4. The Balaban J connectivity index is 1.61. The molecule has 1 aliphatic heterocycles. The fraction of sp³-hybridized carbons (Fsp3) is 0.316. The second-order valence-electron chi connectivity index (χ2n) is 6.47. The molecule has 1 aliphatic rings. The van der Waals surface area contributed by atoms with E-state index in [1.165, 1.54) is 18.4 Å². The fourth-order valence-corrected chi connectivity index (χ4v) is 4.53. The number of anilines is 1. The van der Waals surface area contributed by atoms with Crippen molar-refractivity contribution in [3.8, 4) is 11.7 Å². The number of ether oxygens (including phenoxy) is 1. The average molecular weight is 482 g/mol. The van der Waals surface area contributed by atoms with Gasteiger partial charge in [-0.1, -0.05) is 15.9 Å². The van der Waals surface area contributed by atoms with Crippen LogP contribution in [0.2, 0.25) is 0 Å². The quantitative estimate of drug-likeness (QED) is 0.548. The predicted octanol–water partition coefficient (Wildman–Crippen LogP) is 3.27. The lowest BCUT2D eigenvalue weighted by molar-refractivity contribution is 0.0398. The van der Waals surface area contributed by atoms with Gasteiger partial charge in [-0.15, -0.1) is 0 Å². The van der Waals surface area contributed by atoms with E-state index in [9.17, 15) is 8.42 Å². The van der Waals surface area contributed by atoms with Crippen LogP contribution < -0.4 is 5.32 Å². The topological polar surface area (TPSA) is 97.8 Å². The molecule has 1 N–H and O–H groups in total. The van der Waals surface area contributed by atoms with Gasteiger partial charge in [-0.2, -0.15) is 4.98 Å². The van der Waals surface area contributed by atoms with E-state index in [0.717, 1.165) is 24.1 Å². The smallest absolute Gasteiger partial charge is 0.266 e. The molecule has 0 saturated carbocycles. The summed E-state index contributed by atoms with van der Waals surface area (Å²) in [6.07, 6.45) is 1.48. The lowest BCUT2D eigenvalue weighted by atomic mass is 10.4. The van der Waals surface area contributed by atoms with E-state index in [1.54, 1.807) is 24.3 Å². The number of hydrogen-bond acceptors (Lipinski definition) is 8. The number of benzene rings is 1. The fourth-order valence-electron chi connectivity index (χ4n) is 2.98. The summed E-state index contributed by atoms with van der Waals surface area (Å²) in [4.78, 5) is 6.61. The van der Waals surface area contributed by atoms with Gasteiger partial charge in [0.05, 0.1) is 24.4 Å². The van der Waals surface area contributed by atoms with Gasteiger partial charge in [0.1, 0.15) is 0 Å². The Morgan fingerprint density at radius 3 is 2.59 bits per heavy atom. The predicted molar refractivity (Wildman–Crippen MR) is 110 cm³/mol. The SMILES string of the molecule is O=S(=O)(c1ccc(Br)cc1)c1nc(-c2ccco2)oc1NCCN1CCOCC1. The molecule has 0 atom stereocenters. The molecule has 10 heteroatoms. The van der Waals surface area contributed by atoms with Crippen LogP contribution in [0, 0.1) is 0 Å². The lowest BCUT2D eigenvalue weighted by Crippen LogP contribution is -2.39.